The normalized spacial score (nSPS) is 14.2. The van der Waals surface area contributed by atoms with Gasteiger partial charge < -0.3 is 21.3 Å². The van der Waals surface area contributed by atoms with Crippen molar-refractivity contribution in [2.75, 3.05) is 65.4 Å². The summed E-state index contributed by atoms with van der Waals surface area (Å²) in [4.78, 5) is 54.6. The molecule has 0 saturated heterocycles. The van der Waals surface area contributed by atoms with Gasteiger partial charge in [-0.05, 0) is 100.0 Å². The van der Waals surface area contributed by atoms with E-state index in [2.05, 4.69) is 21.3 Å². The van der Waals surface area contributed by atoms with Gasteiger partial charge in [0.05, 0.1) is 0 Å². The Labute approximate surface area is 281 Å². The van der Waals surface area contributed by atoms with E-state index in [-0.39, 0.29) is 23.6 Å². The Morgan fingerprint density at radius 3 is 1.00 bits per heavy atom. The fourth-order valence-electron chi connectivity index (χ4n) is 6.63. The lowest BCUT2D eigenvalue weighted by Gasteiger charge is -2.27. The zero-order valence-electron chi connectivity index (χ0n) is 27.4. The highest BCUT2D eigenvalue weighted by atomic mass is 16.2. The molecule has 2 aliphatic heterocycles. The fourth-order valence-corrected chi connectivity index (χ4v) is 6.63. The molecule has 4 amide bonds. The van der Waals surface area contributed by atoms with Gasteiger partial charge in [0.1, 0.15) is 0 Å². The summed E-state index contributed by atoms with van der Waals surface area (Å²) >= 11 is 0. The average molecular weight is 649 g/mol. The second kappa shape index (κ2) is 16.1. The number of rotatable bonds is 19. The monoisotopic (exact) mass is 648 g/mol. The Morgan fingerprint density at radius 1 is 0.375 bits per heavy atom. The Morgan fingerprint density at radius 2 is 0.667 bits per heavy atom. The van der Waals surface area contributed by atoms with Crippen molar-refractivity contribution in [3.05, 3.63) is 95.1 Å². The van der Waals surface area contributed by atoms with E-state index in [1.54, 1.807) is 24.3 Å². The van der Waals surface area contributed by atoms with Crippen molar-refractivity contribution in [3.8, 4) is 0 Å². The van der Waals surface area contributed by atoms with Crippen molar-refractivity contribution in [2.45, 2.75) is 25.7 Å². The molecule has 2 aliphatic rings. The maximum atomic E-state index is 13.0. The van der Waals surface area contributed by atoms with Gasteiger partial charge in [0.2, 0.25) is 0 Å². The predicted molar refractivity (Wildman–Crippen MR) is 189 cm³/mol. The van der Waals surface area contributed by atoms with Crippen LogP contribution < -0.4 is 21.3 Å². The van der Waals surface area contributed by atoms with Gasteiger partial charge in [0, 0.05) is 59.2 Å². The summed E-state index contributed by atoms with van der Waals surface area (Å²) in [7, 11) is 0. The first-order chi connectivity index (χ1) is 23.6. The molecule has 0 bridgehead atoms. The van der Waals surface area contributed by atoms with Crippen LogP contribution in [0.1, 0.15) is 67.1 Å². The number of amides is 4. The summed E-state index contributed by atoms with van der Waals surface area (Å²) in [6.07, 6.45) is 4.14. The molecule has 10 heteroatoms. The van der Waals surface area contributed by atoms with Crippen LogP contribution in [0.25, 0.3) is 21.5 Å². The predicted octanol–water partition coefficient (Wildman–Crippen LogP) is 3.80. The van der Waals surface area contributed by atoms with E-state index in [0.717, 1.165) is 86.5 Å². The lowest BCUT2D eigenvalue weighted by Crippen LogP contribution is -2.44. The summed E-state index contributed by atoms with van der Waals surface area (Å²) in [5, 5.41) is 17.1. The fraction of sp³-hybridized carbons (Fsp3) is 0.368. The third kappa shape index (κ3) is 7.32. The van der Waals surface area contributed by atoms with Crippen LogP contribution in [0.4, 0.5) is 0 Å². The molecular weight excluding hydrogens is 604 g/mol. The van der Waals surface area contributed by atoms with Crippen LogP contribution in [-0.2, 0) is 0 Å². The maximum Gasteiger partial charge on any atom is 0.261 e. The minimum Gasteiger partial charge on any atom is -0.317 e. The van der Waals surface area contributed by atoms with Crippen LogP contribution in [0, 0.1) is 0 Å². The Bertz CT molecular complexity index is 1570. The molecule has 0 aromatic heterocycles. The van der Waals surface area contributed by atoms with Crippen LogP contribution >= 0.6 is 0 Å². The summed E-state index contributed by atoms with van der Waals surface area (Å²) < 4.78 is 0. The quantitative estimate of drug-likeness (QED) is 0.0895. The van der Waals surface area contributed by atoms with Gasteiger partial charge in [0.25, 0.3) is 23.6 Å². The van der Waals surface area contributed by atoms with Crippen LogP contribution in [-0.4, -0.2) is 98.9 Å². The number of benzene rings is 4. The van der Waals surface area contributed by atoms with E-state index < -0.39 is 0 Å². The van der Waals surface area contributed by atoms with E-state index in [9.17, 15) is 19.2 Å². The number of hydrogen-bond acceptors (Lipinski definition) is 8. The Hall–Kier alpha value is -4.48. The van der Waals surface area contributed by atoms with E-state index >= 15 is 0 Å². The van der Waals surface area contributed by atoms with Gasteiger partial charge >= 0.3 is 0 Å². The number of nitrogens with one attached hydrogen (secondary N) is 4. The van der Waals surface area contributed by atoms with E-state index in [4.69, 9.17) is 0 Å². The number of imide groups is 2. The highest BCUT2D eigenvalue weighted by Crippen LogP contribution is 2.31. The first-order valence-electron chi connectivity index (χ1n) is 17.1. The smallest absolute Gasteiger partial charge is 0.261 e. The van der Waals surface area contributed by atoms with E-state index in [1.165, 1.54) is 9.80 Å². The zero-order chi connectivity index (χ0) is 33.3. The first-order valence-corrected chi connectivity index (χ1v) is 17.1. The van der Waals surface area contributed by atoms with Crippen molar-refractivity contribution in [3.63, 3.8) is 0 Å². The lowest BCUT2D eigenvalue weighted by molar-refractivity contribution is 0.0596. The summed E-state index contributed by atoms with van der Waals surface area (Å²) in [6, 6.07) is 22.4. The van der Waals surface area contributed by atoms with Crippen LogP contribution in [0.5, 0.6) is 0 Å². The summed E-state index contributed by atoms with van der Waals surface area (Å²) in [5.41, 5.74) is 2.40. The van der Waals surface area contributed by atoms with Gasteiger partial charge in [-0.1, -0.05) is 48.5 Å². The van der Waals surface area contributed by atoms with Crippen LogP contribution in [0.2, 0.25) is 0 Å². The molecule has 0 atom stereocenters. The van der Waals surface area contributed by atoms with Crippen molar-refractivity contribution < 1.29 is 19.2 Å². The third-order valence-electron chi connectivity index (χ3n) is 9.11. The molecule has 6 rings (SSSR count). The highest BCUT2D eigenvalue weighted by Gasteiger charge is 2.33. The van der Waals surface area contributed by atoms with Crippen molar-refractivity contribution >= 4 is 45.2 Å². The van der Waals surface area contributed by atoms with Gasteiger partial charge in [0.15, 0.2) is 0 Å². The van der Waals surface area contributed by atoms with Crippen LogP contribution in [0.15, 0.2) is 72.8 Å². The second-order valence-corrected chi connectivity index (χ2v) is 12.4. The SMILES string of the molecule is O=C1c2cccc3cccc(c23)C(=O)N1CCNCCCNCCCCNCCCNCCN1C(=O)c2cccc3cccc(c23)C1=O. The lowest BCUT2D eigenvalue weighted by atomic mass is 9.94. The van der Waals surface area contributed by atoms with E-state index in [0.29, 0.717) is 48.4 Å². The molecule has 4 aromatic rings. The highest BCUT2D eigenvalue weighted by molar-refractivity contribution is 6.26. The second-order valence-electron chi connectivity index (χ2n) is 12.4. The maximum absolute atomic E-state index is 13.0. The summed E-state index contributed by atoms with van der Waals surface area (Å²) in [5.74, 6) is -0.870. The molecule has 0 spiro atoms. The van der Waals surface area contributed by atoms with Gasteiger partial charge in [-0.2, -0.15) is 0 Å². The number of carbonyl (C=O) groups excluding carboxylic acids is 4. The summed E-state index contributed by atoms with van der Waals surface area (Å²) in [6.45, 7) is 7.26. The van der Waals surface area contributed by atoms with Crippen molar-refractivity contribution in [1.29, 1.82) is 0 Å². The third-order valence-corrected chi connectivity index (χ3v) is 9.11. The molecule has 0 aliphatic carbocycles. The number of carbonyl (C=O) groups is 4. The molecule has 0 fully saturated rings. The minimum atomic E-state index is -0.217. The minimum absolute atomic E-state index is 0.217. The Kier molecular flexibility index (Phi) is 11.2. The van der Waals surface area contributed by atoms with Gasteiger partial charge in [-0.3, -0.25) is 29.0 Å². The average Bonchev–Trinajstić information content (AvgIpc) is 3.11. The van der Waals surface area contributed by atoms with Crippen LogP contribution in [0.3, 0.4) is 0 Å². The molecule has 4 aromatic carbocycles. The Balaban J connectivity index is 0.743. The topological polar surface area (TPSA) is 123 Å². The largest absolute Gasteiger partial charge is 0.317 e. The molecule has 4 N–H and O–H groups in total. The zero-order valence-corrected chi connectivity index (χ0v) is 27.4. The van der Waals surface area contributed by atoms with Crippen molar-refractivity contribution in [1.82, 2.24) is 31.1 Å². The molecule has 10 nitrogen and oxygen atoms in total. The molecular formula is C38H44N6O4. The molecule has 0 radical (unpaired) electrons. The molecule has 48 heavy (non-hydrogen) atoms. The molecule has 0 saturated carbocycles. The van der Waals surface area contributed by atoms with Crippen molar-refractivity contribution in [2.24, 2.45) is 0 Å². The molecule has 2 heterocycles. The first kappa shape index (κ1) is 33.4. The van der Waals surface area contributed by atoms with Gasteiger partial charge in [-0.15, -0.1) is 0 Å². The number of hydrogen-bond donors (Lipinski definition) is 4. The number of nitrogens with zero attached hydrogens (tertiary/aromatic N) is 2. The van der Waals surface area contributed by atoms with E-state index in [1.807, 2.05) is 48.5 Å². The molecule has 0 unspecified atom stereocenters. The van der Waals surface area contributed by atoms with Gasteiger partial charge in [-0.25, -0.2) is 0 Å². The molecule has 250 valence electrons. The number of unbranched alkanes of at least 4 members (excludes halogenated alkanes) is 1. The standard InChI is InChI=1S/C38H44N6O4/c45-35-29-13-3-9-27-10-4-14-30(33(27)29)36(46)43(35)25-23-41-21-7-19-39-17-1-2-18-40-20-8-22-42-24-26-44-37(47)31-15-5-11-28-12-6-16-32(34(28)31)38(44)48/h3-6,9-16,39-42H,1-2,7-8,17-26H2.